The van der Waals surface area contributed by atoms with E-state index < -0.39 is 11.5 Å². The molecule has 2 rings (SSSR count). The molecular weight excluding hydrogens is 270 g/mol. The topological polar surface area (TPSA) is 81.7 Å². The fourth-order valence-electron chi connectivity index (χ4n) is 3.57. The Kier molecular flexibility index (Phi) is 5.08. The van der Waals surface area contributed by atoms with E-state index in [-0.39, 0.29) is 18.5 Å². The Balaban J connectivity index is 1.86. The van der Waals surface area contributed by atoms with Gasteiger partial charge in [0.2, 0.25) is 0 Å². The maximum atomic E-state index is 12.2. The van der Waals surface area contributed by atoms with Gasteiger partial charge >= 0.3 is 12.0 Å². The number of carbonyl (C=O) groups is 2. The van der Waals surface area contributed by atoms with Crippen molar-refractivity contribution >= 4 is 12.0 Å². The highest BCUT2D eigenvalue weighted by Gasteiger charge is 2.38. The highest BCUT2D eigenvalue weighted by atomic mass is 16.4. The van der Waals surface area contributed by atoms with Crippen molar-refractivity contribution in [2.24, 2.45) is 0 Å². The molecule has 2 unspecified atom stereocenters. The fraction of sp³-hybridized carbons (Fsp3) is 0.867. The van der Waals surface area contributed by atoms with Gasteiger partial charge in [0.25, 0.3) is 0 Å². The molecule has 1 aliphatic carbocycles. The minimum absolute atomic E-state index is 0.0181. The summed E-state index contributed by atoms with van der Waals surface area (Å²) in [6.07, 6.45) is 5.39. The molecule has 1 aliphatic heterocycles. The second kappa shape index (κ2) is 6.64. The minimum atomic E-state index is -0.842. The number of likely N-dealkylation sites (tertiary alicyclic amines) is 1. The molecule has 2 atom stereocenters. The fourth-order valence-corrected chi connectivity index (χ4v) is 3.57. The molecule has 0 aromatic carbocycles. The van der Waals surface area contributed by atoms with E-state index in [0.29, 0.717) is 6.04 Å². The summed E-state index contributed by atoms with van der Waals surface area (Å²) < 4.78 is 0. The van der Waals surface area contributed by atoms with E-state index in [0.717, 1.165) is 45.1 Å². The van der Waals surface area contributed by atoms with Crippen LogP contribution in [0.3, 0.4) is 0 Å². The molecule has 2 aliphatic rings. The smallest absolute Gasteiger partial charge is 0.315 e. The van der Waals surface area contributed by atoms with Crippen LogP contribution in [0.25, 0.3) is 0 Å². The molecular formula is C15H27N3O3. The van der Waals surface area contributed by atoms with E-state index in [1.165, 1.54) is 0 Å². The molecule has 2 fully saturated rings. The Morgan fingerprint density at radius 1 is 1.33 bits per heavy atom. The first-order chi connectivity index (χ1) is 9.90. The number of aliphatic carboxylic acids is 1. The van der Waals surface area contributed by atoms with Gasteiger partial charge in [-0.3, -0.25) is 4.79 Å². The average Bonchev–Trinajstić information content (AvgIpc) is 2.80. The van der Waals surface area contributed by atoms with Crippen LogP contribution in [0.5, 0.6) is 0 Å². The van der Waals surface area contributed by atoms with Crippen molar-refractivity contribution in [3.63, 3.8) is 0 Å². The van der Waals surface area contributed by atoms with Gasteiger partial charge in [0.15, 0.2) is 0 Å². The minimum Gasteiger partial charge on any atom is -0.481 e. The van der Waals surface area contributed by atoms with Gasteiger partial charge in [-0.2, -0.15) is 0 Å². The average molecular weight is 297 g/mol. The summed E-state index contributed by atoms with van der Waals surface area (Å²) in [6.45, 7) is 3.14. The molecule has 3 N–H and O–H groups in total. The number of carbonyl (C=O) groups excluding carboxylic acids is 1. The Morgan fingerprint density at radius 3 is 2.57 bits per heavy atom. The second-order valence-electron chi connectivity index (χ2n) is 6.71. The van der Waals surface area contributed by atoms with Crippen LogP contribution in [0.2, 0.25) is 0 Å². The molecule has 0 bridgehead atoms. The summed E-state index contributed by atoms with van der Waals surface area (Å²) in [5.74, 6) is -0.842. The van der Waals surface area contributed by atoms with Crippen molar-refractivity contribution in [3.05, 3.63) is 0 Å². The normalized spacial score (nSPS) is 29.0. The van der Waals surface area contributed by atoms with E-state index in [1.807, 2.05) is 0 Å². The Bertz CT molecular complexity index is 394. The van der Waals surface area contributed by atoms with Crippen molar-refractivity contribution in [2.45, 2.75) is 69.5 Å². The van der Waals surface area contributed by atoms with Gasteiger partial charge in [-0.05, 0) is 39.7 Å². The monoisotopic (exact) mass is 297 g/mol. The van der Waals surface area contributed by atoms with Crippen LogP contribution < -0.4 is 10.6 Å². The van der Waals surface area contributed by atoms with Gasteiger partial charge in [0.1, 0.15) is 0 Å². The summed E-state index contributed by atoms with van der Waals surface area (Å²) in [7, 11) is 2.10. The van der Waals surface area contributed by atoms with Crippen LogP contribution in [-0.2, 0) is 4.79 Å². The Hall–Kier alpha value is -1.30. The number of nitrogens with zero attached hydrogens (tertiary/aromatic N) is 1. The largest absolute Gasteiger partial charge is 0.481 e. The second-order valence-corrected chi connectivity index (χ2v) is 6.71. The zero-order valence-electron chi connectivity index (χ0n) is 13.0. The number of nitrogens with one attached hydrogen (secondary N) is 2. The molecule has 2 amide bonds. The SMILES string of the molecule is CC1CC(NC(=O)NC2(CC(=O)O)CCCC2)CCN1C. The van der Waals surface area contributed by atoms with Gasteiger partial charge in [-0.15, -0.1) is 0 Å². The van der Waals surface area contributed by atoms with Crippen LogP contribution in [0.1, 0.15) is 51.9 Å². The maximum Gasteiger partial charge on any atom is 0.315 e. The van der Waals surface area contributed by atoms with E-state index in [2.05, 4.69) is 29.5 Å². The number of urea groups is 1. The van der Waals surface area contributed by atoms with E-state index in [1.54, 1.807) is 0 Å². The molecule has 1 saturated heterocycles. The molecule has 0 aromatic heterocycles. The molecule has 0 radical (unpaired) electrons. The molecule has 1 heterocycles. The number of hydrogen-bond acceptors (Lipinski definition) is 3. The number of rotatable bonds is 4. The molecule has 0 spiro atoms. The number of amides is 2. The number of piperidine rings is 1. The zero-order chi connectivity index (χ0) is 15.5. The zero-order valence-corrected chi connectivity index (χ0v) is 13.0. The Morgan fingerprint density at radius 2 is 2.00 bits per heavy atom. The van der Waals surface area contributed by atoms with Crippen molar-refractivity contribution in [2.75, 3.05) is 13.6 Å². The Labute approximate surface area is 126 Å². The van der Waals surface area contributed by atoms with Crippen LogP contribution in [0.4, 0.5) is 4.79 Å². The van der Waals surface area contributed by atoms with Gasteiger partial charge in [-0.1, -0.05) is 12.8 Å². The highest BCUT2D eigenvalue weighted by Crippen LogP contribution is 2.32. The standard InChI is InChI=1S/C15H27N3O3/c1-11-9-12(5-8-18(11)2)16-14(21)17-15(10-13(19)20)6-3-4-7-15/h11-12H,3-10H2,1-2H3,(H,19,20)(H2,16,17,21). The van der Waals surface area contributed by atoms with E-state index in [9.17, 15) is 9.59 Å². The summed E-state index contributed by atoms with van der Waals surface area (Å²) in [5, 5.41) is 15.0. The lowest BCUT2D eigenvalue weighted by atomic mass is 9.93. The van der Waals surface area contributed by atoms with Crippen molar-refractivity contribution in [3.8, 4) is 0 Å². The molecule has 0 aromatic rings. The highest BCUT2D eigenvalue weighted by molar-refractivity contribution is 5.77. The number of carboxylic acid groups (broad SMARTS) is 1. The predicted molar refractivity (Wildman–Crippen MR) is 80.2 cm³/mol. The van der Waals surface area contributed by atoms with Gasteiger partial charge in [0.05, 0.1) is 12.0 Å². The van der Waals surface area contributed by atoms with Crippen LogP contribution in [-0.4, -0.2) is 53.2 Å². The quantitative estimate of drug-likeness (QED) is 0.735. The molecule has 6 heteroatoms. The van der Waals surface area contributed by atoms with Gasteiger partial charge in [0, 0.05) is 18.6 Å². The summed E-state index contributed by atoms with van der Waals surface area (Å²) in [5.41, 5.74) is -0.549. The van der Waals surface area contributed by atoms with Crippen LogP contribution in [0, 0.1) is 0 Å². The number of carboxylic acids is 1. The third-order valence-corrected chi connectivity index (χ3v) is 4.97. The molecule has 120 valence electrons. The van der Waals surface area contributed by atoms with Crippen LogP contribution >= 0.6 is 0 Å². The number of hydrogen-bond donors (Lipinski definition) is 3. The first-order valence-corrected chi connectivity index (χ1v) is 7.91. The summed E-state index contributed by atoms with van der Waals surface area (Å²) in [4.78, 5) is 25.5. The molecule has 1 saturated carbocycles. The first-order valence-electron chi connectivity index (χ1n) is 7.91. The van der Waals surface area contributed by atoms with Crippen molar-refractivity contribution in [1.29, 1.82) is 0 Å². The summed E-state index contributed by atoms with van der Waals surface area (Å²) >= 11 is 0. The summed E-state index contributed by atoms with van der Waals surface area (Å²) in [6, 6.07) is 0.433. The van der Waals surface area contributed by atoms with E-state index >= 15 is 0 Å². The van der Waals surface area contributed by atoms with Gasteiger partial charge in [-0.25, -0.2) is 4.79 Å². The lowest BCUT2D eigenvalue weighted by Gasteiger charge is -2.36. The first kappa shape index (κ1) is 16.1. The maximum absolute atomic E-state index is 12.2. The van der Waals surface area contributed by atoms with Crippen molar-refractivity contribution in [1.82, 2.24) is 15.5 Å². The third kappa shape index (κ3) is 4.33. The lowest BCUT2D eigenvalue weighted by molar-refractivity contribution is -0.138. The molecule has 21 heavy (non-hydrogen) atoms. The molecule has 6 nitrogen and oxygen atoms in total. The lowest BCUT2D eigenvalue weighted by Crippen LogP contribution is -2.55. The predicted octanol–water partition coefficient (Wildman–Crippen LogP) is 1.56. The van der Waals surface area contributed by atoms with Gasteiger partial charge < -0.3 is 20.6 Å². The van der Waals surface area contributed by atoms with E-state index in [4.69, 9.17) is 5.11 Å². The van der Waals surface area contributed by atoms with Crippen LogP contribution in [0.15, 0.2) is 0 Å². The third-order valence-electron chi connectivity index (χ3n) is 4.97. The van der Waals surface area contributed by atoms with Crippen molar-refractivity contribution < 1.29 is 14.7 Å².